The number of carbonyl (C=O) groups excluding carboxylic acids is 2. The molecule has 1 aromatic carbocycles. The van der Waals surface area contributed by atoms with Crippen LogP contribution in [0.5, 0.6) is 0 Å². The van der Waals surface area contributed by atoms with Crippen molar-refractivity contribution in [2.75, 3.05) is 6.61 Å². The molecule has 0 bridgehead atoms. The van der Waals surface area contributed by atoms with E-state index in [1.807, 2.05) is 30.3 Å². The third-order valence-electron chi connectivity index (χ3n) is 2.01. The van der Waals surface area contributed by atoms with E-state index in [0.717, 1.165) is 5.56 Å². The van der Waals surface area contributed by atoms with E-state index in [4.69, 9.17) is 4.74 Å². The van der Waals surface area contributed by atoms with Crippen molar-refractivity contribution in [1.29, 1.82) is 0 Å². The van der Waals surface area contributed by atoms with E-state index in [1.165, 1.54) is 6.08 Å². The highest BCUT2D eigenvalue weighted by Gasteiger charge is 2.05. The molecule has 1 rings (SSSR count). The zero-order valence-electron chi connectivity index (χ0n) is 9.63. The second kappa shape index (κ2) is 7.17. The Hall–Kier alpha value is -2.16. The number of hydrogen-bond donors (Lipinski definition) is 0. The molecule has 0 N–H and O–H groups in total. The number of esters is 1. The van der Waals surface area contributed by atoms with Crippen LogP contribution in [-0.4, -0.2) is 18.9 Å². The van der Waals surface area contributed by atoms with Gasteiger partial charge < -0.3 is 4.74 Å². The summed E-state index contributed by atoms with van der Waals surface area (Å²) < 4.78 is 4.83. The maximum Gasteiger partial charge on any atom is 0.338 e. The van der Waals surface area contributed by atoms with E-state index in [1.54, 1.807) is 19.1 Å². The van der Waals surface area contributed by atoms with Crippen LogP contribution in [0.25, 0.3) is 6.08 Å². The molecule has 0 unspecified atom stereocenters. The minimum atomic E-state index is -0.494. The molecule has 0 fully saturated rings. The Morgan fingerprint density at radius 2 is 2.00 bits per heavy atom. The summed E-state index contributed by atoms with van der Waals surface area (Å²) in [6.07, 6.45) is 5.09. The fraction of sp³-hybridized carbons (Fsp3) is 0.143. The summed E-state index contributed by atoms with van der Waals surface area (Å²) in [5.41, 5.74) is 1.19. The van der Waals surface area contributed by atoms with E-state index in [0.29, 0.717) is 6.29 Å². The van der Waals surface area contributed by atoms with Gasteiger partial charge in [0.25, 0.3) is 0 Å². The van der Waals surface area contributed by atoms with Crippen LogP contribution in [0.1, 0.15) is 12.5 Å². The quantitative estimate of drug-likeness (QED) is 0.337. The van der Waals surface area contributed by atoms with Crippen molar-refractivity contribution in [1.82, 2.24) is 0 Å². The van der Waals surface area contributed by atoms with Gasteiger partial charge >= 0.3 is 5.97 Å². The van der Waals surface area contributed by atoms with Crippen molar-refractivity contribution >= 4 is 18.3 Å². The predicted octanol–water partition coefficient (Wildman–Crippen LogP) is 2.39. The largest absolute Gasteiger partial charge is 0.462 e. The minimum Gasteiger partial charge on any atom is -0.462 e. The average molecular weight is 230 g/mol. The van der Waals surface area contributed by atoms with E-state index in [-0.39, 0.29) is 12.2 Å². The first-order valence-electron chi connectivity index (χ1n) is 5.33. The summed E-state index contributed by atoms with van der Waals surface area (Å²) in [6, 6.07) is 9.51. The Kier molecular flexibility index (Phi) is 5.44. The molecular formula is C14H14O3. The fourth-order valence-corrected chi connectivity index (χ4v) is 1.23. The molecule has 0 aromatic heterocycles. The molecule has 0 radical (unpaired) electrons. The standard InChI is InChI=1S/C14H14O3/c1-2-17-14(16)13(10-11-15)9-8-12-6-4-3-5-7-12/h3-11H,2H2,1H3/b9-8+,13-10+. The van der Waals surface area contributed by atoms with Gasteiger partial charge in [-0.15, -0.1) is 0 Å². The lowest BCUT2D eigenvalue weighted by Gasteiger charge is -2.00. The highest BCUT2D eigenvalue weighted by molar-refractivity contribution is 5.96. The number of rotatable bonds is 5. The second-order valence-corrected chi connectivity index (χ2v) is 3.22. The van der Waals surface area contributed by atoms with E-state index < -0.39 is 5.97 Å². The van der Waals surface area contributed by atoms with Crippen LogP contribution < -0.4 is 0 Å². The molecule has 1 aromatic rings. The summed E-state index contributed by atoms with van der Waals surface area (Å²) in [7, 11) is 0. The molecule has 88 valence electrons. The third kappa shape index (κ3) is 4.47. The fourth-order valence-electron chi connectivity index (χ4n) is 1.23. The summed E-state index contributed by atoms with van der Waals surface area (Å²) in [6.45, 7) is 2.01. The summed E-state index contributed by atoms with van der Waals surface area (Å²) in [5, 5.41) is 0. The molecule has 3 nitrogen and oxygen atoms in total. The molecule has 17 heavy (non-hydrogen) atoms. The Balaban J connectivity index is 2.81. The van der Waals surface area contributed by atoms with Crippen molar-refractivity contribution in [3.8, 4) is 0 Å². The third-order valence-corrected chi connectivity index (χ3v) is 2.01. The van der Waals surface area contributed by atoms with Crippen LogP contribution in [0, 0.1) is 0 Å². The van der Waals surface area contributed by atoms with Crippen molar-refractivity contribution in [2.24, 2.45) is 0 Å². The zero-order valence-corrected chi connectivity index (χ0v) is 9.63. The molecular weight excluding hydrogens is 216 g/mol. The molecule has 0 saturated heterocycles. The molecule has 0 aliphatic rings. The smallest absolute Gasteiger partial charge is 0.338 e. The first-order valence-corrected chi connectivity index (χ1v) is 5.33. The van der Waals surface area contributed by atoms with Crippen molar-refractivity contribution in [3.63, 3.8) is 0 Å². The number of allylic oxidation sites excluding steroid dienone is 1. The predicted molar refractivity (Wildman–Crippen MR) is 66.3 cm³/mol. The lowest BCUT2D eigenvalue weighted by Crippen LogP contribution is -2.06. The van der Waals surface area contributed by atoms with Crippen LogP contribution in [0.15, 0.2) is 48.1 Å². The van der Waals surface area contributed by atoms with Crippen molar-refractivity contribution < 1.29 is 14.3 Å². The number of ether oxygens (including phenoxy) is 1. The summed E-state index contributed by atoms with van der Waals surface area (Å²) >= 11 is 0. The molecule has 0 spiro atoms. The van der Waals surface area contributed by atoms with Gasteiger partial charge in [0.1, 0.15) is 6.29 Å². The number of aldehydes is 1. The summed E-state index contributed by atoms with van der Waals surface area (Å²) in [4.78, 5) is 21.9. The monoisotopic (exact) mass is 230 g/mol. The number of hydrogen-bond acceptors (Lipinski definition) is 3. The maximum absolute atomic E-state index is 11.5. The first-order chi connectivity index (χ1) is 8.27. The lowest BCUT2D eigenvalue weighted by atomic mass is 10.1. The van der Waals surface area contributed by atoms with E-state index in [2.05, 4.69) is 0 Å². The van der Waals surface area contributed by atoms with Crippen LogP contribution in [0.3, 0.4) is 0 Å². The average Bonchev–Trinajstić information content (AvgIpc) is 2.36. The van der Waals surface area contributed by atoms with Gasteiger partial charge in [0.05, 0.1) is 12.2 Å². The van der Waals surface area contributed by atoms with Gasteiger partial charge in [-0.05, 0) is 24.6 Å². The van der Waals surface area contributed by atoms with Gasteiger partial charge in [0.15, 0.2) is 0 Å². The van der Waals surface area contributed by atoms with Gasteiger partial charge in [-0.1, -0.05) is 36.4 Å². The Morgan fingerprint density at radius 1 is 1.29 bits per heavy atom. The van der Waals surface area contributed by atoms with Crippen molar-refractivity contribution in [3.05, 3.63) is 53.6 Å². The van der Waals surface area contributed by atoms with Crippen LogP contribution in [0.2, 0.25) is 0 Å². The van der Waals surface area contributed by atoms with E-state index >= 15 is 0 Å². The van der Waals surface area contributed by atoms with Crippen LogP contribution in [0.4, 0.5) is 0 Å². The summed E-state index contributed by atoms with van der Waals surface area (Å²) in [5.74, 6) is -0.494. The Labute approximate surface area is 100 Å². The van der Waals surface area contributed by atoms with Gasteiger partial charge in [-0.3, -0.25) is 4.79 Å². The maximum atomic E-state index is 11.5. The molecule has 0 aliphatic heterocycles. The minimum absolute atomic E-state index is 0.241. The second-order valence-electron chi connectivity index (χ2n) is 3.22. The normalized spacial score (nSPS) is 11.5. The molecule has 3 heteroatoms. The van der Waals surface area contributed by atoms with Gasteiger partial charge in [-0.25, -0.2) is 4.79 Å². The highest BCUT2D eigenvalue weighted by Crippen LogP contribution is 2.06. The molecule has 0 atom stereocenters. The molecule has 0 saturated carbocycles. The molecule has 0 heterocycles. The van der Waals surface area contributed by atoms with Crippen LogP contribution in [-0.2, 0) is 14.3 Å². The number of carbonyl (C=O) groups is 2. The molecule has 0 aliphatic carbocycles. The van der Waals surface area contributed by atoms with Gasteiger partial charge in [-0.2, -0.15) is 0 Å². The van der Waals surface area contributed by atoms with Crippen molar-refractivity contribution in [2.45, 2.75) is 6.92 Å². The molecule has 0 amide bonds. The zero-order chi connectivity index (χ0) is 12.5. The van der Waals surface area contributed by atoms with Crippen LogP contribution >= 0.6 is 0 Å². The SMILES string of the molecule is CCOC(=O)C(/C=C/c1ccccc1)=C/C=O. The van der Waals surface area contributed by atoms with Gasteiger partial charge in [0.2, 0.25) is 0 Å². The number of benzene rings is 1. The van der Waals surface area contributed by atoms with Gasteiger partial charge in [0, 0.05) is 0 Å². The van der Waals surface area contributed by atoms with E-state index in [9.17, 15) is 9.59 Å². The highest BCUT2D eigenvalue weighted by atomic mass is 16.5. The topological polar surface area (TPSA) is 43.4 Å². The first kappa shape index (κ1) is 12.9. The Morgan fingerprint density at radius 3 is 2.59 bits per heavy atom. The Bertz CT molecular complexity index is 430. The lowest BCUT2D eigenvalue weighted by molar-refractivity contribution is -0.138.